The lowest BCUT2D eigenvalue weighted by molar-refractivity contribution is -0.181. The summed E-state index contributed by atoms with van der Waals surface area (Å²) in [5.41, 5.74) is -2.27. The highest BCUT2D eigenvalue weighted by Crippen LogP contribution is 2.37. The highest BCUT2D eigenvalue weighted by molar-refractivity contribution is 5.70. The Bertz CT molecular complexity index is 692. The largest absolute Gasteiger partial charge is 0.444 e. The number of rotatable bonds is 2. The quantitative estimate of drug-likeness (QED) is 0.649. The predicted octanol–water partition coefficient (Wildman–Crippen LogP) is 4.68. The van der Waals surface area contributed by atoms with Crippen LogP contribution < -0.4 is 0 Å². The van der Waals surface area contributed by atoms with E-state index in [0.29, 0.717) is 32.2 Å². The Hall–Kier alpha value is -1.54. The van der Waals surface area contributed by atoms with Gasteiger partial charge in [0, 0.05) is 24.0 Å². The lowest BCUT2D eigenvalue weighted by Gasteiger charge is -2.51. The van der Waals surface area contributed by atoms with E-state index in [-0.39, 0.29) is 12.2 Å². The van der Waals surface area contributed by atoms with Crippen molar-refractivity contribution in [2.45, 2.75) is 136 Å². The van der Waals surface area contributed by atoms with Crippen LogP contribution in [0.15, 0.2) is 0 Å². The Labute approximate surface area is 193 Å². The van der Waals surface area contributed by atoms with Gasteiger partial charge in [0.25, 0.3) is 0 Å². The van der Waals surface area contributed by atoms with Gasteiger partial charge < -0.3 is 24.2 Å². The number of nitrogens with zero attached hydrogens (tertiary/aromatic N) is 2. The zero-order valence-electron chi connectivity index (χ0n) is 21.7. The van der Waals surface area contributed by atoms with E-state index in [1.807, 2.05) is 69.2 Å². The SMILES string of the molecule is CC(C)(C)OC(=O)N1CCC(OC2CC(O)CC(C)(C)N2C(=O)OC(C)(C)C)CC1(C)C. The second-order valence-electron chi connectivity index (χ2n) is 12.4. The van der Waals surface area contributed by atoms with Crippen molar-refractivity contribution in [1.29, 1.82) is 0 Å². The minimum Gasteiger partial charge on any atom is -0.444 e. The van der Waals surface area contributed by atoms with Crippen LogP contribution in [-0.2, 0) is 14.2 Å². The molecule has 2 amide bonds. The molecule has 8 nitrogen and oxygen atoms in total. The number of aliphatic hydroxyl groups is 1. The van der Waals surface area contributed by atoms with E-state index in [9.17, 15) is 14.7 Å². The molecule has 2 fully saturated rings. The molecule has 0 bridgehead atoms. The monoisotopic (exact) mass is 456 g/mol. The molecule has 3 atom stereocenters. The maximum Gasteiger partial charge on any atom is 0.412 e. The number of hydrogen-bond acceptors (Lipinski definition) is 6. The average molecular weight is 457 g/mol. The molecule has 0 aliphatic carbocycles. The second kappa shape index (κ2) is 9.01. The zero-order chi connectivity index (χ0) is 24.7. The number of likely N-dealkylation sites (tertiary alicyclic amines) is 2. The van der Waals surface area contributed by atoms with Crippen LogP contribution in [0.5, 0.6) is 0 Å². The van der Waals surface area contributed by atoms with Gasteiger partial charge in [0.2, 0.25) is 0 Å². The van der Waals surface area contributed by atoms with Crippen molar-refractivity contribution >= 4 is 12.2 Å². The standard InChI is InChI=1S/C24H44N2O6/c1-21(2,3)31-19(28)25-12-11-17(15-23(25,7)8)30-18-13-16(27)14-24(9,10)26(18)20(29)32-22(4,5)6/h16-18,27H,11-15H2,1-10H3. The predicted molar refractivity (Wildman–Crippen MR) is 122 cm³/mol. The highest BCUT2D eigenvalue weighted by atomic mass is 16.6. The summed E-state index contributed by atoms with van der Waals surface area (Å²) in [5, 5.41) is 10.5. The first kappa shape index (κ1) is 26.7. The van der Waals surface area contributed by atoms with Crippen molar-refractivity contribution in [3.63, 3.8) is 0 Å². The molecule has 0 aromatic heterocycles. The third kappa shape index (κ3) is 6.98. The van der Waals surface area contributed by atoms with E-state index < -0.39 is 40.7 Å². The summed E-state index contributed by atoms with van der Waals surface area (Å²) < 4.78 is 17.7. The number of hydrogen-bond donors (Lipinski definition) is 1. The van der Waals surface area contributed by atoms with Crippen LogP contribution >= 0.6 is 0 Å². The van der Waals surface area contributed by atoms with Gasteiger partial charge in [-0.3, -0.25) is 4.90 Å². The molecular weight excluding hydrogens is 412 g/mol. The van der Waals surface area contributed by atoms with E-state index in [1.54, 1.807) is 9.80 Å². The maximum absolute atomic E-state index is 13.1. The van der Waals surface area contributed by atoms with Crippen molar-refractivity contribution < 1.29 is 28.9 Å². The lowest BCUT2D eigenvalue weighted by atomic mass is 9.86. The normalized spacial score (nSPS) is 28.3. The van der Waals surface area contributed by atoms with Gasteiger partial charge in [-0.05, 0) is 88.5 Å². The Morgan fingerprint density at radius 3 is 1.91 bits per heavy atom. The molecule has 3 unspecified atom stereocenters. The smallest absolute Gasteiger partial charge is 0.412 e. The van der Waals surface area contributed by atoms with E-state index in [2.05, 4.69) is 0 Å². The number of ether oxygens (including phenoxy) is 3. The fourth-order valence-corrected chi connectivity index (χ4v) is 4.62. The van der Waals surface area contributed by atoms with Crippen molar-refractivity contribution in [3.05, 3.63) is 0 Å². The number of piperidine rings is 2. The van der Waals surface area contributed by atoms with Gasteiger partial charge in [0.05, 0.1) is 12.2 Å². The molecule has 0 aromatic carbocycles. The molecule has 0 spiro atoms. The van der Waals surface area contributed by atoms with Crippen molar-refractivity contribution in [2.24, 2.45) is 0 Å². The van der Waals surface area contributed by atoms with Crippen LogP contribution in [0, 0.1) is 0 Å². The Morgan fingerprint density at radius 2 is 1.41 bits per heavy atom. The molecule has 0 radical (unpaired) electrons. The molecule has 1 N–H and O–H groups in total. The fraction of sp³-hybridized carbons (Fsp3) is 0.917. The van der Waals surface area contributed by atoms with Gasteiger partial charge in [0.1, 0.15) is 17.4 Å². The summed E-state index contributed by atoms with van der Waals surface area (Å²) in [6.45, 7) is 19.4. The molecule has 32 heavy (non-hydrogen) atoms. The van der Waals surface area contributed by atoms with Crippen molar-refractivity contribution in [2.75, 3.05) is 6.54 Å². The molecule has 186 valence electrons. The van der Waals surface area contributed by atoms with Gasteiger partial charge in [-0.15, -0.1) is 0 Å². The first-order valence-corrected chi connectivity index (χ1v) is 11.7. The van der Waals surface area contributed by atoms with E-state index in [4.69, 9.17) is 14.2 Å². The van der Waals surface area contributed by atoms with Gasteiger partial charge >= 0.3 is 12.2 Å². The van der Waals surface area contributed by atoms with Gasteiger partial charge in [-0.1, -0.05) is 0 Å². The molecule has 8 heteroatoms. The first-order chi connectivity index (χ1) is 14.3. The van der Waals surface area contributed by atoms with Gasteiger partial charge in [-0.2, -0.15) is 0 Å². The van der Waals surface area contributed by atoms with E-state index in [0.717, 1.165) is 0 Å². The summed E-state index contributed by atoms with van der Waals surface area (Å²) in [6.07, 6.45) is -0.0975. The second-order valence-corrected chi connectivity index (χ2v) is 12.4. The van der Waals surface area contributed by atoms with E-state index in [1.165, 1.54) is 0 Å². The fourth-order valence-electron chi connectivity index (χ4n) is 4.62. The summed E-state index contributed by atoms with van der Waals surface area (Å²) in [6, 6.07) is 0. The van der Waals surface area contributed by atoms with Gasteiger partial charge in [-0.25, -0.2) is 9.59 Å². The summed E-state index contributed by atoms with van der Waals surface area (Å²) in [5.74, 6) is 0. The van der Waals surface area contributed by atoms with Crippen LogP contribution in [-0.4, -0.2) is 74.4 Å². The molecule has 0 aromatic rings. The average Bonchev–Trinajstić information content (AvgIpc) is 2.48. The zero-order valence-corrected chi connectivity index (χ0v) is 21.7. The molecule has 2 heterocycles. The third-order valence-electron chi connectivity index (χ3n) is 5.84. The summed E-state index contributed by atoms with van der Waals surface area (Å²) in [4.78, 5) is 29.1. The third-order valence-corrected chi connectivity index (χ3v) is 5.84. The number of amides is 2. The lowest BCUT2D eigenvalue weighted by Crippen LogP contribution is -2.62. The summed E-state index contributed by atoms with van der Waals surface area (Å²) >= 11 is 0. The number of carbonyl (C=O) groups is 2. The summed E-state index contributed by atoms with van der Waals surface area (Å²) in [7, 11) is 0. The topological polar surface area (TPSA) is 88.5 Å². The van der Waals surface area contributed by atoms with Crippen LogP contribution in [0.1, 0.15) is 94.9 Å². The molecular formula is C24H44N2O6. The minimum atomic E-state index is -0.630. The Kier molecular flexibility index (Phi) is 7.52. The number of aliphatic hydroxyl groups excluding tert-OH is 1. The van der Waals surface area contributed by atoms with E-state index >= 15 is 0 Å². The molecule has 2 rings (SSSR count). The number of carbonyl (C=O) groups excluding carboxylic acids is 2. The Balaban J connectivity index is 2.15. The van der Waals surface area contributed by atoms with Crippen LogP contribution in [0.25, 0.3) is 0 Å². The first-order valence-electron chi connectivity index (χ1n) is 11.7. The maximum atomic E-state index is 13.1. The molecule has 0 saturated carbocycles. The van der Waals surface area contributed by atoms with Crippen LogP contribution in [0.3, 0.4) is 0 Å². The molecule has 2 saturated heterocycles. The van der Waals surface area contributed by atoms with Crippen molar-refractivity contribution in [3.8, 4) is 0 Å². The van der Waals surface area contributed by atoms with Crippen LogP contribution in [0.4, 0.5) is 9.59 Å². The molecule has 2 aliphatic rings. The van der Waals surface area contributed by atoms with Crippen LogP contribution in [0.2, 0.25) is 0 Å². The highest BCUT2D eigenvalue weighted by Gasteiger charge is 2.48. The van der Waals surface area contributed by atoms with Crippen molar-refractivity contribution in [1.82, 2.24) is 9.80 Å². The van der Waals surface area contributed by atoms with Gasteiger partial charge in [0.15, 0.2) is 0 Å². The molecule has 2 aliphatic heterocycles. The minimum absolute atomic E-state index is 0.167. The Morgan fingerprint density at radius 1 is 0.875 bits per heavy atom.